The van der Waals surface area contributed by atoms with Crippen molar-refractivity contribution >= 4 is 17.7 Å². The fourth-order valence-corrected chi connectivity index (χ4v) is 2.60. The number of thioether (sulfide) groups is 1. The summed E-state index contributed by atoms with van der Waals surface area (Å²) >= 11 is 1.06. The number of hydrogen-bond donors (Lipinski definition) is 1. The van der Waals surface area contributed by atoms with E-state index in [-0.39, 0.29) is 16.9 Å². The average Bonchev–Trinajstić information content (AvgIpc) is 2.45. The maximum Gasteiger partial charge on any atom is 0.416 e. The normalized spacial score (nSPS) is 11.4. The standard InChI is InChI=1S/C14H10F3NO2S/c15-14(16,17)11-4-2-1-3-10(11)8-21-12-7-9(13(19)20)5-6-18-12/h1-7H,8H2,(H,19,20). The lowest BCUT2D eigenvalue weighted by molar-refractivity contribution is -0.138. The first-order chi connectivity index (χ1) is 9.88. The van der Waals surface area contributed by atoms with Gasteiger partial charge >= 0.3 is 12.1 Å². The lowest BCUT2D eigenvalue weighted by atomic mass is 10.1. The van der Waals surface area contributed by atoms with Crippen LogP contribution in [0.5, 0.6) is 0 Å². The van der Waals surface area contributed by atoms with Crippen molar-refractivity contribution in [2.75, 3.05) is 0 Å². The van der Waals surface area contributed by atoms with Crippen molar-refractivity contribution in [3.05, 3.63) is 59.3 Å². The molecule has 0 aliphatic rings. The Balaban J connectivity index is 2.17. The van der Waals surface area contributed by atoms with Gasteiger partial charge in [-0.15, -0.1) is 11.8 Å². The number of carboxylic acid groups (broad SMARTS) is 1. The van der Waals surface area contributed by atoms with Crippen LogP contribution < -0.4 is 0 Å². The van der Waals surface area contributed by atoms with Crippen molar-refractivity contribution in [1.29, 1.82) is 0 Å². The highest BCUT2D eigenvalue weighted by Gasteiger charge is 2.32. The van der Waals surface area contributed by atoms with Crippen molar-refractivity contribution < 1.29 is 23.1 Å². The Morgan fingerprint density at radius 2 is 1.95 bits per heavy atom. The topological polar surface area (TPSA) is 50.2 Å². The molecule has 0 bridgehead atoms. The lowest BCUT2D eigenvalue weighted by Crippen LogP contribution is -2.08. The van der Waals surface area contributed by atoms with Gasteiger partial charge in [-0.2, -0.15) is 13.2 Å². The second kappa shape index (κ2) is 6.17. The molecule has 1 aromatic carbocycles. The van der Waals surface area contributed by atoms with E-state index in [2.05, 4.69) is 4.98 Å². The van der Waals surface area contributed by atoms with Crippen molar-refractivity contribution in [2.24, 2.45) is 0 Å². The fraction of sp³-hybridized carbons (Fsp3) is 0.143. The molecule has 1 heterocycles. The molecule has 110 valence electrons. The minimum absolute atomic E-state index is 0.0524. The SMILES string of the molecule is O=C(O)c1ccnc(SCc2ccccc2C(F)(F)F)c1. The highest BCUT2D eigenvalue weighted by Crippen LogP contribution is 2.34. The summed E-state index contributed by atoms with van der Waals surface area (Å²) in [5.41, 5.74) is -0.499. The van der Waals surface area contributed by atoms with Gasteiger partial charge in [0.2, 0.25) is 0 Å². The molecular formula is C14H10F3NO2S. The first-order valence-electron chi connectivity index (χ1n) is 5.85. The molecule has 2 rings (SSSR count). The highest BCUT2D eigenvalue weighted by molar-refractivity contribution is 7.98. The van der Waals surface area contributed by atoms with E-state index in [9.17, 15) is 18.0 Å². The maximum absolute atomic E-state index is 12.8. The lowest BCUT2D eigenvalue weighted by Gasteiger charge is -2.12. The van der Waals surface area contributed by atoms with Crippen molar-refractivity contribution in [3.8, 4) is 0 Å². The van der Waals surface area contributed by atoms with Crippen molar-refractivity contribution in [1.82, 2.24) is 4.98 Å². The van der Waals surface area contributed by atoms with Gasteiger partial charge in [-0.25, -0.2) is 9.78 Å². The number of pyridine rings is 1. The van der Waals surface area contributed by atoms with Crippen LogP contribution in [0.15, 0.2) is 47.6 Å². The van der Waals surface area contributed by atoms with Crippen molar-refractivity contribution in [3.63, 3.8) is 0 Å². The number of carbonyl (C=O) groups is 1. The third-order valence-electron chi connectivity index (χ3n) is 2.68. The highest BCUT2D eigenvalue weighted by atomic mass is 32.2. The fourth-order valence-electron chi connectivity index (χ4n) is 1.70. The van der Waals surface area contributed by atoms with Gasteiger partial charge in [0.1, 0.15) is 0 Å². The van der Waals surface area contributed by atoms with Crippen LogP contribution in [0, 0.1) is 0 Å². The molecule has 21 heavy (non-hydrogen) atoms. The maximum atomic E-state index is 12.8. The van der Waals surface area contributed by atoms with Gasteiger partial charge < -0.3 is 5.11 Å². The number of halogens is 3. The predicted molar refractivity (Wildman–Crippen MR) is 72.2 cm³/mol. The third-order valence-corrected chi connectivity index (χ3v) is 3.65. The Hall–Kier alpha value is -2.02. The predicted octanol–water partition coefficient (Wildman–Crippen LogP) is 4.09. The second-order valence-electron chi connectivity index (χ2n) is 4.13. The first-order valence-corrected chi connectivity index (χ1v) is 6.84. The summed E-state index contributed by atoms with van der Waals surface area (Å²) in [5.74, 6) is -1.04. The molecule has 0 aliphatic heterocycles. The van der Waals surface area contributed by atoms with Crippen molar-refractivity contribution in [2.45, 2.75) is 17.0 Å². The Bertz CT molecular complexity index is 659. The zero-order valence-electron chi connectivity index (χ0n) is 10.6. The zero-order valence-corrected chi connectivity index (χ0v) is 11.4. The molecular weight excluding hydrogens is 303 g/mol. The summed E-state index contributed by atoms with van der Waals surface area (Å²) in [6, 6.07) is 7.96. The van der Waals surface area contributed by atoms with Crippen LogP contribution in [0.1, 0.15) is 21.5 Å². The molecule has 1 N–H and O–H groups in total. The number of rotatable bonds is 4. The van der Waals surface area contributed by atoms with E-state index in [1.165, 1.54) is 36.5 Å². The minimum Gasteiger partial charge on any atom is -0.478 e. The molecule has 0 spiro atoms. The van der Waals surface area contributed by atoms with E-state index in [0.29, 0.717) is 5.03 Å². The number of nitrogens with zero attached hydrogens (tertiary/aromatic N) is 1. The van der Waals surface area contributed by atoms with Crippen LogP contribution in [0.4, 0.5) is 13.2 Å². The Morgan fingerprint density at radius 3 is 2.62 bits per heavy atom. The molecule has 0 amide bonds. The van der Waals surface area contributed by atoms with Gasteiger partial charge in [-0.1, -0.05) is 18.2 Å². The number of hydrogen-bond acceptors (Lipinski definition) is 3. The summed E-state index contributed by atoms with van der Waals surface area (Å²) in [6.07, 6.45) is -3.09. The van der Waals surface area contributed by atoms with Gasteiger partial charge in [-0.3, -0.25) is 0 Å². The summed E-state index contributed by atoms with van der Waals surface area (Å²) < 4.78 is 38.5. The van der Waals surface area contributed by atoms with E-state index in [4.69, 9.17) is 5.11 Å². The second-order valence-corrected chi connectivity index (χ2v) is 5.13. The van der Waals surface area contributed by atoms with Crippen LogP contribution in [0.3, 0.4) is 0 Å². The van der Waals surface area contributed by atoms with Gasteiger partial charge in [0, 0.05) is 11.9 Å². The summed E-state index contributed by atoms with van der Waals surface area (Å²) in [7, 11) is 0. The summed E-state index contributed by atoms with van der Waals surface area (Å²) in [5, 5.41) is 9.23. The first kappa shape index (κ1) is 15.4. The van der Waals surface area contributed by atoms with Gasteiger partial charge in [0.15, 0.2) is 0 Å². The molecule has 0 fully saturated rings. The number of alkyl halides is 3. The molecule has 3 nitrogen and oxygen atoms in total. The van der Waals surface area contributed by atoms with Crippen LogP contribution in [0.25, 0.3) is 0 Å². The van der Waals surface area contributed by atoms with Crippen LogP contribution in [-0.2, 0) is 11.9 Å². The Morgan fingerprint density at radius 1 is 1.24 bits per heavy atom. The third kappa shape index (κ3) is 3.98. The Labute approximate surface area is 122 Å². The summed E-state index contributed by atoms with van der Waals surface area (Å²) in [6.45, 7) is 0. The van der Waals surface area contributed by atoms with Crippen LogP contribution >= 0.6 is 11.8 Å². The van der Waals surface area contributed by atoms with E-state index in [0.717, 1.165) is 17.8 Å². The van der Waals surface area contributed by atoms with E-state index >= 15 is 0 Å². The number of carboxylic acids is 1. The Kier molecular flexibility index (Phi) is 4.52. The van der Waals surface area contributed by atoms with E-state index in [1.807, 2.05) is 0 Å². The molecule has 0 unspecified atom stereocenters. The molecule has 0 atom stereocenters. The molecule has 2 aromatic rings. The number of benzene rings is 1. The zero-order chi connectivity index (χ0) is 15.5. The van der Waals surface area contributed by atoms with E-state index < -0.39 is 17.7 Å². The monoisotopic (exact) mass is 313 g/mol. The number of aromatic carboxylic acids is 1. The van der Waals surface area contributed by atoms with Crippen LogP contribution in [0.2, 0.25) is 0 Å². The molecule has 0 saturated heterocycles. The molecule has 1 aromatic heterocycles. The van der Waals surface area contributed by atoms with Crippen LogP contribution in [-0.4, -0.2) is 16.1 Å². The largest absolute Gasteiger partial charge is 0.478 e. The van der Waals surface area contributed by atoms with Gasteiger partial charge in [0.25, 0.3) is 0 Å². The smallest absolute Gasteiger partial charge is 0.416 e. The molecule has 0 saturated carbocycles. The minimum atomic E-state index is -4.41. The van der Waals surface area contributed by atoms with E-state index in [1.54, 1.807) is 0 Å². The summed E-state index contributed by atoms with van der Waals surface area (Å²) in [4.78, 5) is 14.8. The number of aromatic nitrogens is 1. The molecule has 0 radical (unpaired) electrons. The molecule has 0 aliphatic carbocycles. The quantitative estimate of drug-likeness (QED) is 0.864. The van der Waals surface area contributed by atoms with Gasteiger partial charge in [0.05, 0.1) is 16.2 Å². The average molecular weight is 313 g/mol. The van der Waals surface area contributed by atoms with Gasteiger partial charge in [-0.05, 0) is 23.8 Å². The molecule has 7 heteroatoms.